The van der Waals surface area contributed by atoms with E-state index in [9.17, 15) is 4.79 Å². The van der Waals surface area contributed by atoms with Crippen LogP contribution in [0.25, 0.3) is 10.2 Å². The molecule has 0 amide bonds. The molecule has 1 aliphatic rings. The van der Waals surface area contributed by atoms with Crippen molar-refractivity contribution in [3.05, 3.63) is 62.5 Å². The number of rotatable bonds is 3. The van der Waals surface area contributed by atoms with Crippen LogP contribution in [0.5, 0.6) is 0 Å². The summed E-state index contributed by atoms with van der Waals surface area (Å²) in [6.45, 7) is 2.54. The molecular weight excluding hydrogens is 328 g/mol. The van der Waals surface area contributed by atoms with E-state index in [4.69, 9.17) is 11.4 Å². The Hall–Kier alpha value is -2.38. The van der Waals surface area contributed by atoms with Crippen LogP contribution in [-0.4, -0.2) is 9.55 Å². The first-order valence-electron chi connectivity index (χ1n) is 8.68. The Morgan fingerprint density at radius 1 is 1.36 bits per heavy atom. The highest BCUT2D eigenvalue weighted by Gasteiger charge is 2.24. The lowest BCUT2D eigenvalue weighted by Crippen LogP contribution is -2.25. The predicted octanol–water partition coefficient (Wildman–Crippen LogP) is 3.81. The van der Waals surface area contributed by atoms with Gasteiger partial charge in [-0.15, -0.1) is 17.8 Å². The van der Waals surface area contributed by atoms with Gasteiger partial charge in [-0.1, -0.05) is 43.2 Å². The molecular formula is C21H20N2OS. The number of nitrogens with zero attached hydrogens (tertiary/aromatic N) is 2. The predicted molar refractivity (Wildman–Crippen MR) is 103 cm³/mol. The summed E-state index contributed by atoms with van der Waals surface area (Å²) in [6.07, 6.45) is 9.32. The summed E-state index contributed by atoms with van der Waals surface area (Å²) in [6, 6.07) is 10.1. The zero-order valence-corrected chi connectivity index (χ0v) is 15.1. The van der Waals surface area contributed by atoms with Gasteiger partial charge >= 0.3 is 0 Å². The molecule has 0 bridgehead atoms. The number of terminal acetylenes is 1. The van der Waals surface area contributed by atoms with Gasteiger partial charge in [0, 0.05) is 11.3 Å². The molecule has 25 heavy (non-hydrogen) atoms. The second kappa shape index (κ2) is 6.50. The number of hydrogen-bond acceptors (Lipinski definition) is 3. The Morgan fingerprint density at radius 2 is 2.16 bits per heavy atom. The lowest BCUT2D eigenvalue weighted by atomic mass is 9.89. The molecule has 4 rings (SSSR count). The van der Waals surface area contributed by atoms with Crippen molar-refractivity contribution < 1.29 is 0 Å². The van der Waals surface area contributed by atoms with Crippen molar-refractivity contribution in [2.24, 2.45) is 5.92 Å². The van der Waals surface area contributed by atoms with Crippen LogP contribution in [0.15, 0.2) is 35.1 Å². The molecule has 2 aromatic heterocycles. The minimum atomic E-state index is 0.0286. The molecule has 1 unspecified atom stereocenters. The third-order valence-electron chi connectivity index (χ3n) is 4.95. The monoisotopic (exact) mass is 348 g/mol. The largest absolute Gasteiger partial charge is 0.284 e. The number of hydrogen-bond donors (Lipinski definition) is 0. The Bertz CT molecular complexity index is 1020. The molecule has 3 nitrogen and oxygen atoms in total. The standard InChI is InChI=1S/C21H20N2OS/c1-3-11-23-18(13-15-7-5-4-6-8-15)22-20-19(21(23)24)16-10-9-14(2)12-17(16)25-20/h1,4-8,14H,9-13H2,2H3. The summed E-state index contributed by atoms with van der Waals surface area (Å²) >= 11 is 1.69. The molecule has 0 aliphatic heterocycles. The molecule has 2 heterocycles. The van der Waals surface area contributed by atoms with Crippen LogP contribution in [0.3, 0.4) is 0 Å². The topological polar surface area (TPSA) is 34.9 Å². The van der Waals surface area contributed by atoms with Gasteiger partial charge in [-0.25, -0.2) is 4.98 Å². The summed E-state index contributed by atoms with van der Waals surface area (Å²) in [7, 11) is 0. The Balaban J connectivity index is 1.90. The van der Waals surface area contributed by atoms with Gasteiger partial charge in [-0.3, -0.25) is 9.36 Å². The first kappa shape index (κ1) is 16.1. The van der Waals surface area contributed by atoms with Gasteiger partial charge in [0.05, 0.1) is 11.9 Å². The second-order valence-corrected chi connectivity index (χ2v) is 7.90. The highest BCUT2D eigenvalue weighted by atomic mass is 32.1. The third kappa shape index (κ3) is 2.89. The van der Waals surface area contributed by atoms with Crippen molar-refractivity contribution in [2.75, 3.05) is 0 Å². The van der Waals surface area contributed by atoms with Gasteiger partial charge in [-0.2, -0.15) is 0 Å². The summed E-state index contributed by atoms with van der Waals surface area (Å²) in [5.41, 5.74) is 2.38. The van der Waals surface area contributed by atoms with E-state index in [2.05, 4.69) is 25.0 Å². The first-order valence-corrected chi connectivity index (χ1v) is 9.50. The van der Waals surface area contributed by atoms with E-state index in [0.29, 0.717) is 12.3 Å². The average Bonchev–Trinajstić information content (AvgIpc) is 2.96. The van der Waals surface area contributed by atoms with Crippen LogP contribution in [-0.2, 0) is 25.8 Å². The third-order valence-corrected chi connectivity index (χ3v) is 6.10. The molecule has 1 aliphatic carbocycles. The minimum absolute atomic E-state index is 0.0286. The van der Waals surface area contributed by atoms with E-state index in [1.165, 1.54) is 10.4 Å². The van der Waals surface area contributed by atoms with E-state index < -0.39 is 0 Å². The molecule has 3 aromatic rings. The van der Waals surface area contributed by atoms with Crippen molar-refractivity contribution in [2.45, 2.75) is 39.2 Å². The van der Waals surface area contributed by atoms with Crippen molar-refractivity contribution in [3.8, 4) is 12.3 Å². The highest BCUT2D eigenvalue weighted by molar-refractivity contribution is 7.18. The molecule has 0 saturated heterocycles. The van der Waals surface area contributed by atoms with Crippen molar-refractivity contribution >= 4 is 21.6 Å². The van der Waals surface area contributed by atoms with Gasteiger partial charge < -0.3 is 0 Å². The van der Waals surface area contributed by atoms with Crippen LogP contribution in [0, 0.1) is 18.3 Å². The van der Waals surface area contributed by atoms with Gasteiger partial charge in [-0.05, 0) is 36.3 Å². The van der Waals surface area contributed by atoms with Gasteiger partial charge in [0.15, 0.2) is 0 Å². The van der Waals surface area contributed by atoms with Crippen LogP contribution < -0.4 is 5.56 Å². The van der Waals surface area contributed by atoms with Crippen molar-refractivity contribution in [1.82, 2.24) is 9.55 Å². The minimum Gasteiger partial charge on any atom is -0.284 e. The first-order chi connectivity index (χ1) is 12.2. The van der Waals surface area contributed by atoms with Gasteiger partial charge in [0.25, 0.3) is 5.56 Å². The zero-order chi connectivity index (χ0) is 17.4. The van der Waals surface area contributed by atoms with E-state index in [-0.39, 0.29) is 12.1 Å². The molecule has 126 valence electrons. The van der Waals surface area contributed by atoms with Crippen molar-refractivity contribution in [1.29, 1.82) is 0 Å². The van der Waals surface area contributed by atoms with Gasteiger partial charge in [0.1, 0.15) is 10.7 Å². The molecule has 0 fully saturated rings. The molecule has 0 saturated carbocycles. The molecule has 1 atom stereocenters. The fourth-order valence-electron chi connectivity index (χ4n) is 3.63. The maximum absolute atomic E-state index is 13.2. The fourth-order valence-corrected chi connectivity index (χ4v) is 5.03. The lowest BCUT2D eigenvalue weighted by molar-refractivity contribution is 0.509. The zero-order valence-electron chi connectivity index (χ0n) is 14.3. The van der Waals surface area contributed by atoms with Crippen LogP contribution in [0.4, 0.5) is 0 Å². The molecule has 0 spiro atoms. The Labute approximate surface area is 151 Å². The number of thiophene rings is 1. The SMILES string of the molecule is C#CCn1c(Cc2ccccc2)nc2sc3c(c2c1=O)CCC(C)C3. The van der Waals surface area contributed by atoms with Gasteiger partial charge in [0.2, 0.25) is 0 Å². The van der Waals surface area contributed by atoms with E-state index in [1.807, 2.05) is 18.2 Å². The number of benzene rings is 1. The lowest BCUT2D eigenvalue weighted by Gasteiger charge is -2.17. The number of aryl methyl sites for hydroxylation is 1. The number of fused-ring (bicyclic) bond motifs is 3. The molecule has 4 heteroatoms. The van der Waals surface area contributed by atoms with E-state index >= 15 is 0 Å². The maximum atomic E-state index is 13.2. The normalized spacial score (nSPS) is 16.6. The quantitative estimate of drug-likeness (QED) is 0.675. The number of aromatic nitrogens is 2. The average molecular weight is 348 g/mol. The second-order valence-electron chi connectivity index (χ2n) is 6.82. The van der Waals surface area contributed by atoms with Crippen LogP contribution in [0.1, 0.15) is 35.2 Å². The summed E-state index contributed by atoms with van der Waals surface area (Å²) in [4.78, 5) is 20.3. The summed E-state index contributed by atoms with van der Waals surface area (Å²) < 4.78 is 1.68. The van der Waals surface area contributed by atoms with Crippen LogP contribution >= 0.6 is 11.3 Å². The van der Waals surface area contributed by atoms with E-state index in [1.54, 1.807) is 15.9 Å². The smallest absolute Gasteiger partial charge is 0.263 e. The summed E-state index contributed by atoms with van der Waals surface area (Å²) in [5.74, 6) is 4.06. The molecule has 0 N–H and O–H groups in total. The summed E-state index contributed by atoms with van der Waals surface area (Å²) in [5, 5.41) is 0.805. The highest BCUT2D eigenvalue weighted by Crippen LogP contribution is 2.35. The Kier molecular flexibility index (Phi) is 4.19. The van der Waals surface area contributed by atoms with E-state index in [0.717, 1.165) is 40.9 Å². The van der Waals surface area contributed by atoms with Crippen molar-refractivity contribution in [3.63, 3.8) is 0 Å². The van der Waals surface area contributed by atoms with Crippen LogP contribution in [0.2, 0.25) is 0 Å². The molecule has 1 aromatic carbocycles. The maximum Gasteiger partial charge on any atom is 0.263 e. The molecule has 0 radical (unpaired) electrons. The Morgan fingerprint density at radius 3 is 2.92 bits per heavy atom. The fraction of sp³-hybridized carbons (Fsp3) is 0.333.